The van der Waals surface area contributed by atoms with E-state index in [1.807, 2.05) is 0 Å². The van der Waals surface area contributed by atoms with E-state index in [-0.39, 0.29) is 23.3 Å². The van der Waals surface area contributed by atoms with E-state index in [0.717, 1.165) is 0 Å². The quantitative estimate of drug-likeness (QED) is 0.846. The Hall–Kier alpha value is -1.99. The molecule has 0 aliphatic heterocycles. The minimum atomic E-state index is -0.448. The minimum absolute atomic E-state index is 0.136. The van der Waals surface area contributed by atoms with Gasteiger partial charge >= 0.3 is 0 Å². The normalized spacial score (nSPS) is 10.3. The fraction of sp³-hybridized carbons (Fsp3) is 0.200. The number of nitrogens with zero attached hydrogens (tertiary/aromatic N) is 3. The Morgan fingerprint density at radius 2 is 2.33 bits per heavy atom. The lowest BCUT2D eigenvalue weighted by molar-refractivity contribution is 0.101. The molecule has 7 nitrogen and oxygen atoms in total. The summed E-state index contributed by atoms with van der Waals surface area (Å²) in [5, 5.41) is 6.36. The van der Waals surface area contributed by atoms with Gasteiger partial charge in [-0.3, -0.25) is 4.79 Å². The molecule has 18 heavy (non-hydrogen) atoms. The van der Waals surface area contributed by atoms with E-state index in [9.17, 15) is 4.79 Å². The van der Waals surface area contributed by atoms with Crippen LogP contribution >= 0.6 is 11.6 Å². The number of carbonyl (C=O) groups is 1. The molecule has 2 aromatic rings. The molecule has 0 aromatic carbocycles. The van der Waals surface area contributed by atoms with Crippen LogP contribution in [0.15, 0.2) is 23.0 Å². The third kappa shape index (κ3) is 3.02. The molecule has 0 bridgehead atoms. The molecular formula is C10H9ClN4O3. The van der Waals surface area contributed by atoms with Crippen LogP contribution in [0.4, 0.5) is 5.82 Å². The summed E-state index contributed by atoms with van der Waals surface area (Å²) < 4.78 is 9.74. The van der Waals surface area contributed by atoms with Gasteiger partial charge in [-0.25, -0.2) is 9.97 Å². The number of rotatable bonds is 4. The van der Waals surface area contributed by atoms with E-state index in [4.69, 9.17) is 20.9 Å². The summed E-state index contributed by atoms with van der Waals surface area (Å²) in [4.78, 5) is 19.3. The molecule has 2 aromatic heterocycles. The molecule has 0 radical (unpaired) electrons. The Balaban J connectivity index is 2.07. The van der Waals surface area contributed by atoms with Crippen LogP contribution in [0.5, 0.6) is 0 Å². The number of nitrogens with one attached hydrogen (secondary N) is 1. The monoisotopic (exact) mass is 268 g/mol. The smallest absolute Gasteiger partial charge is 0.279 e. The molecule has 1 amide bonds. The van der Waals surface area contributed by atoms with Crippen LogP contribution in [-0.4, -0.2) is 28.1 Å². The molecule has 8 heteroatoms. The number of amides is 1. The first-order chi connectivity index (χ1) is 8.69. The molecule has 0 unspecified atom stereocenters. The van der Waals surface area contributed by atoms with Crippen molar-refractivity contribution in [3.05, 3.63) is 35.1 Å². The van der Waals surface area contributed by atoms with Crippen molar-refractivity contribution in [2.75, 3.05) is 12.4 Å². The summed E-state index contributed by atoms with van der Waals surface area (Å²) >= 11 is 5.67. The average molecular weight is 269 g/mol. The van der Waals surface area contributed by atoms with Crippen LogP contribution in [0.3, 0.4) is 0 Å². The Morgan fingerprint density at radius 1 is 1.50 bits per heavy atom. The Morgan fingerprint density at radius 3 is 3.06 bits per heavy atom. The van der Waals surface area contributed by atoms with Crippen molar-refractivity contribution in [1.82, 2.24) is 15.1 Å². The molecule has 2 heterocycles. The molecule has 1 N–H and O–H groups in total. The van der Waals surface area contributed by atoms with Crippen LogP contribution in [0.2, 0.25) is 5.15 Å². The van der Waals surface area contributed by atoms with E-state index in [1.54, 1.807) is 0 Å². The van der Waals surface area contributed by atoms with Gasteiger partial charge in [-0.2, -0.15) is 0 Å². The summed E-state index contributed by atoms with van der Waals surface area (Å²) in [5.74, 6) is 0.301. The lowest BCUT2D eigenvalue weighted by Crippen LogP contribution is -2.13. The minimum Gasteiger partial charge on any atom is -0.377 e. The molecule has 0 spiro atoms. The van der Waals surface area contributed by atoms with Gasteiger partial charge in [0.25, 0.3) is 5.91 Å². The van der Waals surface area contributed by atoms with Crippen molar-refractivity contribution in [3.8, 4) is 0 Å². The zero-order valence-electron chi connectivity index (χ0n) is 9.38. The Bertz CT molecular complexity index is 558. The van der Waals surface area contributed by atoms with E-state index in [0.29, 0.717) is 5.76 Å². The van der Waals surface area contributed by atoms with Gasteiger partial charge in [-0.1, -0.05) is 16.8 Å². The first-order valence-electron chi connectivity index (χ1n) is 4.92. The molecule has 0 fully saturated rings. The van der Waals surface area contributed by atoms with Crippen LogP contribution in [0.1, 0.15) is 16.2 Å². The van der Waals surface area contributed by atoms with Crippen LogP contribution in [0.25, 0.3) is 0 Å². The van der Waals surface area contributed by atoms with Crippen molar-refractivity contribution in [1.29, 1.82) is 0 Å². The highest BCUT2D eigenvalue weighted by atomic mass is 35.5. The molecule has 0 aliphatic rings. The first-order valence-corrected chi connectivity index (χ1v) is 5.30. The topological polar surface area (TPSA) is 90.1 Å². The van der Waals surface area contributed by atoms with Gasteiger partial charge in [0.15, 0.2) is 11.5 Å². The van der Waals surface area contributed by atoms with Crippen LogP contribution in [0, 0.1) is 0 Å². The zero-order valence-corrected chi connectivity index (χ0v) is 10.1. The van der Waals surface area contributed by atoms with Crippen molar-refractivity contribution in [2.45, 2.75) is 6.61 Å². The number of aromatic nitrogens is 3. The molecule has 0 saturated heterocycles. The molecule has 94 valence electrons. The highest BCUT2D eigenvalue weighted by Gasteiger charge is 2.13. The predicted molar refractivity (Wildman–Crippen MR) is 62.2 cm³/mol. The summed E-state index contributed by atoms with van der Waals surface area (Å²) in [6.07, 6.45) is 1.25. The number of ether oxygens (including phenoxy) is 1. The van der Waals surface area contributed by atoms with Gasteiger partial charge in [0.2, 0.25) is 0 Å². The fourth-order valence-electron chi connectivity index (χ4n) is 1.21. The lowest BCUT2D eigenvalue weighted by atomic mass is 10.3. The first kappa shape index (κ1) is 12.5. The third-order valence-corrected chi connectivity index (χ3v) is 2.16. The van der Waals surface area contributed by atoms with Gasteiger partial charge in [0.1, 0.15) is 23.9 Å². The molecule has 0 aliphatic carbocycles. The highest BCUT2D eigenvalue weighted by Crippen LogP contribution is 2.11. The highest BCUT2D eigenvalue weighted by molar-refractivity contribution is 6.29. The number of anilines is 1. The summed E-state index contributed by atoms with van der Waals surface area (Å²) in [5.41, 5.74) is 0.136. The second-order valence-corrected chi connectivity index (χ2v) is 3.68. The van der Waals surface area contributed by atoms with Gasteiger partial charge < -0.3 is 14.6 Å². The molecule has 0 atom stereocenters. The van der Waals surface area contributed by atoms with E-state index < -0.39 is 5.91 Å². The van der Waals surface area contributed by atoms with Gasteiger partial charge in [-0.05, 0) is 0 Å². The second kappa shape index (κ2) is 5.56. The summed E-state index contributed by atoms with van der Waals surface area (Å²) in [7, 11) is 1.52. The summed E-state index contributed by atoms with van der Waals surface area (Å²) in [6, 6.07) is 2.91. The zero-order chi connectivity index (χ0) is 13.0. The third-order valence-electron chi connectivity index (χ3n) is 1.95. The maximum absolute atomic E-state index is 11.8. The van der Waals surface area contributed by atoms with Crippen molar-refractivity contribution in [3.63, 3.8) is 0 Å². The van der Waals surface area contributed by atoms with E-state index >= 15 is 0 Å². The maximum atomic E-state index is 11.8. The van der Waals surface area contributed by atoms with Gasteiger partial charge in [-0.15, -0.1) is 0 Å². The van der Waals surface area contributed by atoms with E-state index in [2.05, 4.69) is 20.4 Å². The number of hydrogen-bond acceptors (Lipinski definition) is 6. The number of hydrogen-bond donors (Lipinski definition) is 1. The molecular weight excluding hydrogens is 260 g/mol. The Labute approximate surface area is 107 Å². The molecule has 2 rings (SSSR count). The van der Waals surface area contributed by atoms with Crippen molar-refractivity contribution in [2.24, 2.45) is 0 Å². The van der Waals surface area contributed by atoms with Crippen LogP contribution < -0.4 is 5.32 Å². The van der Waals surface area contributed by atoms with Gasteiger partial charge in [0.05, 0.1) is 0 Å². The fourth-order valence-corrected chi connectivity index (χ4v) is 1.36. The van der Waals surface area contributed by atoms with Crippen molar-refractivity contribution < 1.29 is 14.1 Å². The lowest BCUT2D eigenvalue weighted by Gasteiger charge is -2.00. The SMILES string of the molecule is COCc1cc(C(=O)Nc2cc(Cl)ncn2)no1. The summed E-state index contributed by atoms with van der Waals surface area (Å²) in [6.45, 7) is 0.250. The van der Waals surface area contributed by atoms with E-state index in [1.165, 1.54) is 25.6 Å². The Kier molecular flexibility index (Phi) is 3.85. The average Bonchev–Trinajstić information content (AvgIpc) is 2.78. The van der Waals surface area contributed by atoms with Crippen LogP contribution in [-0.2, 0) is 11.3 Å². The largest absolute Gasteiger partial charge is 0.377 e. The van der Waals surface area contributed by atoms with Gasteiger partial charge in [0, 0.05) is 19.2 Å². The predicted octanol–water partition coefficient (Wildman–Crippen LogP) is 1.52. The second-order valence-electron chi connectivity index (χ2n) is 3.29. The molecule has 0 saturated carbocycles. The number of halogens is 1. The standard InChI is InChI=1S/C10H9ClN4O3/c1-17-4-6-2-7(15-18-6)10(16)14-9-3-8(11)12-5-13-9/h2-3,5H,4H2,1H3,(H,12,13,14,16). The van der Waals surface area contributed by atoms with Crippen molar-refractivity contribution >= 4 is 23.3 Å². The maximum Gasteiger partial charge on any atom is 0.279 e. The number of methoxy groups -OCH3 is 1. The number of carbonyl (C=O) groups excluding carboxylic acids is 1.